The van der Waals surface area contributed by atoms with Crippen LogP contribution in [0.5, 0.6) is 23.0 Å². The second-order valence-corrected chi connectivity index (χ2v) is 6.73. The number of halogens is 1. The van der Waals surface area contributed by atoms with E-state index in [-0.39, 0.29) is 12.5 Å². The quantitative estimate of drug-likeness (QED) is 0.595. The van der Waals surface area contributed by atoms with E-state index >= 15 is 0 Å². The van der Waals surface area contributed by atoms with Crippen molar-refractivity contribution in [2.24, 2.45) is 0 Å². The van der Waals surface area contributed by atoms with Gasteiger partial charge >= 0.3 is 0 Å². The zero-order valence-electron chi connectivity index (χ0n) is 13.2. The number of hydrogen-bond donors (Lipinski definition) is 2. The fourth-order valence-corrected chi connectivity index (χ4v) is 3.62. The molecule has 0 radical (unpaired) electrons. The minimum Gasteiger partial charge on any atom is -0.504 e. The van der Waals surface area contributed by atoms with Crippen molar-refractivity contribution in [1.82, 2.24) is 4.98 Å². The molecule has 1 aliphatic heterocycles. The molecule has 1 aromatic heterocycles. The Balaban J connectivity index is 1.86. The van der Waals surface area contributed by atoms with Crippen molar-refractivity contribution in [3.05, 3.63) is 51.4 Å². The first-order valence-corrected chi connectivity index (χ1v) is 8.59. The van der Waals surface area contributed by atoms with Gasteiger partial charge in [0, 0.05) is 20.7 Å². The number of nitrogens with zero attached hydrogens (tertiary/aromatic N) is 1. The van der Waals surface area contributed by atoms with Crippen molar-refractivity contribution in [2.45, 2.75) is 6.10 Å². The number of aromatic hydroxyl groups is 1. The molecule has 0 fully saturated rings. The monoisotopic (exact) mass is 451 g/mol. The molecule has 6 nitrogen and oxygen atoms in total. The number of benzene rings is 2. The van der Waals surface area contributed by atoms with Gasteiger partial charge in [0.15, 0.2) is 23.0 Å². The molecule has 2 aromatic carbocycles. The van der Waals surface area contributed by atoms with E-state index in [4.69, 9.17) is 14.2 Å². The second kappa shape index (κ2) is 6.23. The first kappa shape index (κ1) is 16.2. The molecular weight excluding hydrogens is 437 g/mol. The van der Waals surface area contributed by atoms with Crippen LogP contribution in [-0.2, 0) is 0 Å². The number of aliphatic hydroxyl groups excluding tert-OH is 1. The number of phenolic OH excluding ortho intramolecular Hbond substituents is 1. The average Bonchev–Trinajstić information content (AvgIpc) is 3.06. The molecule has 4 rings (SSSR count). The Hall–Kier alpha value is -2.26. The van der Waals surface area contributed by atoms with Crippen LogP contribution in [0.25, 0.3) is 10.8 Å². The Morgan fingerprint density at radius 2 is 1.96 bits per heavy atom. The van der Waals surface area contributed by atoms with Crippen molar-refractivity contribution < 1.29 is 24.4 Å². The molecule has 0 saturated heterocycles. The number of pyridine rings is 1. The molecule has 2 N–H and O–H groups in total. The van der Waals surface area contributed by atoms with Crippen LogP contribution in [0.2, 0.25) is 0 Å². The maximum Gasteiger partial charge on any atom is 0.231 e. The number of aromatic nitrogens is 1. The Labute approximate surface area is 157 Å². The lowest BCUT2D eigenvalue weighted by Gasteiger charge is -2.16. The molecule has 3 aromatic rings. The number of fused-ring (bicyclic) bond motifs is 2. The Morgan fingerprint density at radius 1 is 1.20 bits per heavy atom. The highest BCUT2D eigenvalue weighted by atomic mass is 127. The number of ether oxygens (including phenoxy) is 3. The van der Waals surface area contributed by atoms with Crippen molar-refractivity contribution in [2.75, 3.05) is 13.9 Å². The highest BCUT2D eigenvalue weighted by Crippen LogP contribution is 2.40. The molecule has 1 atom stereocenters. The highest BCUT2D eigenvalue weighted by molar-refractivity contribution is 14.1. The number of phenols is 1. The standard InChI is InChI=1S/C18H14INO5/c1-23-14-4-9-2-3-20-17(10(9)5-13(14)21)18(22)11-6-15-16(7-12(11)19)25-8-24-15/h2-7,18,21-22H,8H2,1H3. The van der Waals surface area contributed by atoms with Crippen molar-refractivity contribution in [1.29, 1.82) is 0 Å². The fourth-order valence-electron chi connectivity index (χ4n) is 2.88. The Morgan fingerprint density at radius 3 is 2.72 bits per heavy atom. The van der Waals surface area contributed by atoms with E-state index in [1.54, 1.807) is 30.5 Å². The molecule has 0 amide bonds. The minimum atomic E-state index is -0.974. The lowest BCUT2D eigenvalue weighted by molar-refractivity contribution is 0.173. The summed E-state index contributed by atoms with van der Waals surface area (Å²) in [5, 5.41) is 22.5. The first-order valence-electron chi connectivity index (χ1n) is 7.51. The number of hydrogen-bond acceptors (Lipinski definition) is 6. The Kier molecular flexibility index (Phi) is 4.04. The molecule has 0 saturated carbocycles. The molecular formula is C18H14INO5. The summed E-state index contributed by atoms with van der Waals surface area (Å²) in [6.07, 6.45) is 0.648. The molecule has 128 valence electrons. The molecule has 2 heterocycles. The molecule has 7 heteroatoms. The molecule has 1 aliphatic rings. The first-order chi connectivity index (χ1) is 12.1. The topological polar surface area (TPSA) is 81.0 Å². The van der Waals surface area contributed by atoms with Gasteiger partial charge in [0.2, 0.25) is 6.79 Å². The van der Waals surface area contributed by atoms with Crippen molar-refractivity contribution in [3.8, 4) is 23.0 Å². The maximum absolute atomic E-state index is 10.9. The molecule has 25 heavy (non-hydrogen) atoms. The van der Waals surface area contributed by atoms with Gasteiger partial charge in [-0.1, -0.05) is 0 Å². The summed E-state index contributed by atoms with van der Waals surface area (Å²) >= 11 is 2.14. The van der Waals surface area contributed by atoms with E-state index in [9.17, 15) is 10.2 Å². The molecule has 0 aliphatic carbocycles. The third-order valence-electron chi connectivity index (χ3n) is 4.14. The highest BCUT2D eigenvalue weighted by Gasteiger charge is 2.23. The zero-order chi connectivity index (χ0) is 17.6. The van der Waals surface area contributed by atoms with Gasteiger partial charge in [0.1, 0.15) is 6.10 Å². The van der Waals surface area contributed by atoms with Crippen molar-refractivity contribution in [3.63, 3.8) is 0 Å². The SMILES string of the molecule is COc1cc2ccnc(C(O)c3cc4c(cc3I)OCO4)c2cc1O. The fraction of sp³-hybridized carbons (Fsp3) is 0.167. The van der Waals surface area contributed by atoms with Gasteiger partial charge in [0.25, 0.3) is 0 Å². The maximum atomic E-state index is 10.9. The Bertz CT molecular complexity index is 975. The lowest BCUT2D eigenvalue weighted by atomic mass is 10.00. The predicted molar refractivity (Wildman–Crippen MR) is 99.3 cm³/mol. The van der Waals surface area contributed by atoms with Gasteiger partial charge in [-0.15, -0.1) is 0 Å². The van der Waals surface area contributed by atoms with Crippen LogP contribution in [0.4, 0.5) is 0 Å². The number of rotatable bonds is 3. The average molecular weight is 451 g/mol. The molecule has 0 spiro atoms. The predicted octanol–water partition coefficient (Wildman–Crippen LogP) is 3.36. The van der Waals surface area contributed by atoms with Gasteiger partial charge in [0.05, 0.1) is 12.8 Å². The largest absolute Gasteiger partial charge is 0.504 e. The van der Waals surface area contributed by atoms with Crippen LogP contribution in [0.1, 0.15) is 17.4 Å². The van der Waals surface area contributed by atoms with Crippen molar-refractivity contribution >= 4 is 33.4 Å². The van der Waals surface area contributed by atoms with Gasteiger partial charge < -0.3 is 24.4 Å². The summed E-state index contributed by atoms with van der Waals surface area (Å²) in [4.78, 5) is 4.34. The van der Waals surface area contributed by atoms with E-state index in [1.165, 1.54) is 7.11 Å². The second-order valence-electron chi connectivity index (χ2n) is 5.57. The summed E-state index contributed by atoms with van der Waals surface area (Å²) in [7, 11) is 1.49. The third kappa shape index (κ3) is 2.73. The van der Waals surface area contributed by atoms with Crippen LogP contribution >= 0.6 is 22.6 Å². The smallest absolute Gasteiger partial charge is 0.231 e. The van der Waals surface area contributed by atoms with Gasteiger partial charge in [-0.05, 0) is 58.3 Å². The molecule has 0 bridgehead atoms. The van der Waals surface area contributed by atoms with E-state index in [2.05, 4.69) is 27.6 Å². The third-order valence-corrected chi connectivity index (χ3v) is 5.07. The van der Waals surface area contributed by atoms with Crippen LogP contribution in [0.3, 0.4) is 0 Å². The number of methoxy groups -OCH3 is 1. The van der Waals surface area contributed by atoms with E-state index in [0.717, 1.165) is 8.96 Å². The number of aliphatic hydroxyl groups is 1. The van der Waals surface area contributed by atoms with E-state index in [1.807, 2.05) is 6.07 Å². The van der Waals surface area contributed by atoms with Crippen LogP contribution in [0, 0.1) is 3.57 Å². The van der Waals surface area contributed by atoms with Crippen LogP contribution < -0.4 is 14.2 Å². The summed E-state index contributed by atoms with van der Waals surface area (Å²) in [5.74, 6) is 1.63. The normalized spacial score (nSPS) is 13.9. The summed E-state index contributed by atoms with van der Waals surface area (Å²) < 4.78 is 16.7. The van der Waals surface area contributed by atoms with E-state index in [0.29, 0.717) is 33.9 Å². The lowest BCUT2D eigenvalue weighted by Crippen LogP contribution is -2.05. The summed E-state index contributed by atoms with van der Waals surface area (Å²) in [6.45, 7) is 0.172. The summed E-state index contributed by atoms with van der Waals surface area (Å²) in [6, 6.07) is 8.66. The van der Waals surface area contributed by atoms with Crippen LogP contribution in [-0.4, -0.2) is 29.1 Å². The minimum absolute atomic E-state index is 0.00293. The van der Waals surface area contributed by atoms with E-state index < -0.39 is 6.10 Å². The zero-order valence-corrected chi connectivity index (χ0v) is 15.4. The van der Waals surface area contributed by atoms with Gasteiger partial charge in [-0.3, -0.25) is 4.98 Å². The summed E-state index contributed by atoms with van der Waals surface area (Å²) in [5.41, 5.74) is 1.12. The van der Waals surface area contributed by atoms with Gasteiger partial charge in [-0.25, -0.2) is 0 Å². The van der Waals surface area contributed by atoms with Gasteiger partial charge in [-0.2, -0.15) is 0 Å². The van der Waals surface area contributed by atoms with Crippen LogP contribution in [0.15, 0.2) is 36.5 Å². The molecule has 1 unspecified atom stereocenters.